The molecule has 0 fully saturated rings. The Bertz CT molecular complexity index is 633. The Kier molecular flexibility index (Phi) is 3.98. The minimum atomic E-state index is 0.402. The Morgan fingerprint density at radius 3 is 2.67 bits per heavy atom. The van der Waals surface area contributed by atoms with E-state index < -0.39 is 0 Å². The summed E-state index contributed by atoms with van der Waals surface area (Å²) in [6, 6.07) is 14.3. The van der Waals surface area contributed by atoms with Crippen LogP contribution >= 0.6 is 0 Å². The molecule has 2 nitrogen and oxygen atoms in total. The minimum absolute atomic E-state index is 0.402. The highest BCUT2D eigenvalue weighted by Gasteiger charge is 2.20. The Hall–Kier alpha value is -1.80. The van der Waals surface area contributed by atoms with E-state index in [2.05, 4.69) is 36.9 Å². The third kappa shape index (κ3) is 2.96. The molecular formula is C19H23NO. The van der Waals surface area contributed by atoms with Crippen LogP contribution in [0.3, 0.4) is 0 Å². The van der Waals surface area contributed by atoms with E-state index in [4.69, 9.17) is 0 Å². The van der Waals surface area contributed by atoms with Crippen molar-refractivity contribution in [2.24, 2.45) is 0 Å². The molecule has 0 spiro atoms. The van der Waals surface area contributed by atoms with Crippen LogP contribution in [0.5, 0.6) is 5.75 Å². The highest BCUT2D eigenvalue weighted by Crippen LogP contribution is 2.29. The zero-order valence-corrected chi connectivity index (χ0v) is 12.8. The van der Waals surface area contributed by atoms with Crippen LogP contribution in [0.15, 0.2) is 42.5 Å². The topological polar surface area (TPSA) is 23.5 Å². The smallest absolute Gasteiger partial charge is 0.120 e. The molecule has 2 aromatic rings. The molecule has 1 heterocycles. The van der Waals surface area contributed by atoms with Crippen molar-refractivity contribution in [3.8, 4) is 5.75 Å². The third-order valence-corrected chi connectivity index (χ3v) is 4.39. The lowest BCUT2D eigenvalue weighted by atomic mass is 9.89. The van der Waals surface area contributed by atoms with Gasteiger partial charge < -0.3 is 5.11 Å². The highest BCUT2D eigenvalue weighted by atomic mass is 16.3. The molecule has 0 radical (unpaired) electrons. The molecule has 0 amide bonds. The summed E-state index contributed by atoms with van der Waals surface area (Å²) in [4.78, 5) is 2.42. The van der Waals surface area contributed by atoms with E-state index in [1.807, 2.05) is 18.2 Å². The van der Waals surface area contributed by atoms with Gasteiger partial charge in [0.2, 0.25) is 0 Å². The molecule has 2 aromatic carbocycles. The number of fused-ring (bicyclic) bond motifs is 1. The van der Waals surface area contributed by atoms with Crippen molar-refractivity contribution in [2.75, 3.05) is 6.54 Å². The first-order valence-electron chi connectivity index (χ1n) is 7.75. The first-order chi connectivity index (χ1) is 10.1. The lowest BCUT2D eigenvalue weighted by molar-refractivity contribution is 0.241. The van der Waals surface area contributed by atoms with Gasteiger partial charge in [-0.25, -0.2) is 0 Å². The van der Waals surface area contributed by atoms with Crippen molar-refractivity contribution in [1.29, 1.82) is 0 Å². The fraction of sp³-hybridized carbons (Fsp3) is 0.368. The molecule has 2 heteroatoms. The maximum atomic E-state index is 9.93. The van der Waals surface area contributed by atoms with E-state index in [9.17, 15) is 5.11 Å². The summed E-state index contributed by atoms with van der Waals surface area (Å²) >= 11 is 0. The van der Waals surface area contributed by atoms with Gasteiger partial charge in [-0.1, -0.05) is 50.2 Å². The number of nitrogens with zero attached hydrogens (tertiary/aromatic N) is 1. The van der Waals surface area contributed by atoms with Crippen molar-refractivity contribution in [1.82, 2.24) is 4.90 Å². The van der Waals surface area contributed by atoms with Gasteiger partial charge in [-0.15, -0.1) is 0 Å². The highest BCUT2D eigenvalue weighted by molar-refractivity contribution is 5.39. The summed E-state index contributed by atoms with van der Waals surface area (Å²) in [5.41, 5.74) is 5.50. The van der Waals surface area contributed by atoms with E-state index >= 15 is 0 Å². The molecule has 1 aliphatic rings. The summed E-state index contributed by atoms with van der Waals surface area (Å²) in [5.74, 6) is 0.990. The van der Waals surface area contributed by atoms with E-state index in [1.165, 1.54) is 11.1 Å². The summed E-state index contributed by atoms with van der Waals surface area (Å²) in [5, 5.41) is 9.93. The predicted molar refractivity (Wildman–Crippen MR) is 86.5 cm³/mol. The number of phenols is 1. The van der Waals surface area contributed by atoms with Crippen LogP contribution in [-0.2, 0) is 19.5 Å². The van der Waals surface area contributed by atoms with Crippen molar-refractivity contribution in [3.63, 3.8) is 0 Å². The molecule has 0 unspecified atom stereocenters. The Labute approximate surface area is 127 Å². The van der Waals surface area contributed by atoms with Crippen LogP contribution in [0.4, 0.5) is 0 Å². The van der Waals surface area contributed by atoms with Crippen LogP contribution in [0.2, 0.25) is 0 Å². The van der Waals surface area contributed by atoms with Crippen LogP contribution in [-0.4, -0.2) is 16.6 Å². The van der Waals surface area contributed by atoms with Crippen molar-refractivity contribution in [3.05, 3.63) is 64.7 Å². The fourth-order valence-electron chi connectivity index (χ4n) is 3.26. The molecule has 0 atom stereocenters. The van der Waals surface area contributed by atoms with Crippen LogP contribution in [0.25, 0.3) is 0 Å². The van der Waals surface area contributed by atoms with E-state index in [-0.39, 0.29) is 0 Å². The molecule has 1 aliphatic heterocycles. The first kappa shape index (κ1) is 14.2. The van der Waals surface area contributed by atoms with Gasteiger partial charge >= 0.3 is 0 Å². The van der Waals surface area contributed by atoms with Gasteiger partial charge in [-0.05, 0) is 35.1 Å². The molecule has 0 saturated heterocycles. The molecule has 1 N–H and O–H groups in total. The molecule has 3 rings (SSSR count). The number of para-hydroxylation sites is 1. The van der Waals surface area contributed by atoms with Gasteiger partial charge in [0.15, 0.2) is 0 Å². The molecular weight excluding hydrogens is 258 g/mol. The molecule has 0 saturated carbocycles. The molecule has 0 aliphatic carbocycles. The van der Waals surface area contributed by atoms with Crippen molar-refractivity contribution >= 4 is 0 Å². The SMILES string of the molecule is CC(C)c1cccc2c1CCN(Cc1ccccc1O)C2. The number of aromatic hydroxyl groups is 1. The van der Waals surface area contributed by atoms with E-state index in [0.29, 0.717) is 11.7 Å². The van der Waals surface area contributed by atoms with E-state index in [1.54, 1.807) is 11.6 Å². The first-order valence-corrected chi connectivity index (χ1v) is 7.75. The normalized spacial score (nSPS) is 15.2. The fourth-order valence-corrected chi connectivity index (χ4v) is 3.26. The quantitative estimate of drug-likeness (QED) is 0.916. The monoisotopic (exact) mass is 281 g/mol. The van der Waals surface area contributed by atoms with Crippen LogP contribution in [0, 0.1) is 0 Å². The lowest BCUT2D eigenvalue weighted by Gasteiger charge is -2.31. The summed E-state index contributed by atoms with van der Waals surface area (Å²) < 4.78 is 0. The second kappa shape index (κ2) is 5.90. The molecule has 110 valence electrons. The van der Waals surface area contributed by atoms with Gasteiger partial charge in [0.1, 0.15) is 5.75 Å². The average Bonchev–Trinajstić information content (AvgIpc) is 2.48. The second-order valence-electron chi connectivity index (χ2n) is 6.23. The average molecular weight is 281 g/mol. The Balaban J connectivity index is 1.79. The van der Waals surface area contributed by atoms with Crippen LogP contribution in [0.1, 0.15) is 42.0 Å². The zero-order chi connectivity index (χ0) is 14.8. The van der Waals surface area contributed by atoms with Gasteiger partial charge in [0.25, 0.3) is 0 Å². The van der Waals surface area contributed by atoms with Gasteiger partial charge in [-0.3, -0.25) is 4.90 Å². The lowest BCUT2D eigenvalue weighted by Crippen LogP contribution is -2.30. The van der Waals surface area contributed by atoms with Gasteiger partial charge in [-0.2, -0.15) is 0 Å². The van der Waals surface area contributed by atoms with Gasteiger partial charge in [0.05, 0.1) is 0 Å². The largest absolute Gasteiger partial charge is 0.508 e. The third-order valence-electron chi connectivity index (χ3n) is 4.39. The Morgan fingerprint density at radius 2 is 1.90 bits per heavy atom. The van der Waals surface area contributed by atoms with Crippen molar-refractivity contribution < 1.29 is 5.11 Å². The maximum Gasteiger partial charge on any atom is 0.120 e. The molecule has 0 aromatic heterocycles. The number of benzene rings is 2. The van der Waals surface area contributed by atoms with Gasteiger partial charge in [0, 0.05) is 25.2 Å². The van der Waals surface area contributed by atoms with Crippen molar-refractivity contribution in [2.45, 2.75) is 39.3 Å². The standard InChI is InChI=1S/C19H23NO/c1-14(2)17-8-5-7-15-12-20(11-10-18(15)17)13-16-6-3-4-9-19(16)21/h3-9,14,21H,10-13H2,1-2H3. The maximum absolute atomic E-state index is 9.93. The number of rotatable bonds is 3. The van der Waals surface area contributed by atoms with E-state index in [0.717, 1.165) is 31.6 Å². The minimum Gasteiger partial charge on any atom is -0.508 e. The zero-order valence-electron chi connectivity index (χ0n) is 12.8. The number of hydrogen-bond acceptors (Lipinski definition) is 2. The summed E-state index contributed by atoms with van der Waals surface area (Å²) in [7, 11) is 0. The predicted octanol–water partition coefficient (Wildman–Crippen LogP) is 4.07. The summed E-state index contributed by atoms with van der Waals surface area (Å²) in [6.07, 6.45) is 1.11. The number of hydrogen-bond donors (Lipinski definition) is 1. The Morgan fingerprint density at radius 1 is 1.10 bits per heavy atom. The molecule has 21 heavy (non-hydrogen) atoms. The molecule has 0 bridgehead atoms. The second-order valence-corrected chi connectivity index (χ2v) is 6.23. The number of phenolic OH excluding ortho intramolecular Hbond substituents is 1. The summed E-state index contributed by atoms with van der Waals surface area (Å²) in [6.45, 7) is 7.39. The van der Waals surface area contributed by atoms with Crippen LogP contribution < -0.4 is 0 Å².